The monoisotopic (exact) mass is 420 g/mol. The summed E-state index contributed by atoms with van der Waals surface area (Å²) >= 11 is 0. The Morgan fingerprint density at radius 1 is 1.23 bits per heavy atom. The van der Waals surface area contributed by atoms with Gasteiger partial charge >= 0.3 is 12.1 Å². The smallest absolute Gasteiger partial charge is 0.407 e. The number of carbonyl (C=O) groups is 2. The molecule has 0 spiro atoms. The Hall–Kier alpha value is -2.57. The van der Waals surface area contributed by atoms with Gasteiger partial charge in [-0.2, -0.15) is 0 Å². The van der Waals surface area contributed by atoms with Gasteiger partial charge < -0.3 is 20.1 Å². The lowest BCUT2D eigenvalue weighted by atomic mass is 9.82. The van der Waals surface area contributed by atoms with Gasteiger partial charge in [0.1, 0.15) is 11.4 Å². The fourth-order valence-corrected chi connectivity index (χ4v) is 3.78. The number of esters is 1. The molecule has 0 aromatic heterocycles. The third kappa shape index (κ3) is 6.47. The van der Waals surface area contributed by atoms with E-state index in [9.17, 15) is 14.0 Å². The molecule has 1 aromatic rings. The minimum atomic E-state index is -0.589. The van der Waals surface area contributed by atoms with Crippen LogP contribution in [-0.4, -0.2) is 36.9 Å². The molecule has 0 radical (unpaired) electrons. The lowest BCUT2D eigenvalue weighted by Gasteiger charge is -2.34. The van der Waals surface area contributed by atoms with Crippen LogP contribution in [0.25, 0.3) is 6.08 Å². The Morgan fingerprint density at radius 3 is 2.40 bits per heavy atom. The number of hydrogen-bond acceptors (Lipinski definition) is 5. The predicted molar refractivity (Wildman–Crippen MR) is 116 cm³/mol. The number of methoxy groups -OCH3 is 1. The van der Waals surface area contributed by atoms with Crippen LogP contribution in [0.15, 0.2) is 18.7 Å². The van der Waals surface area contributed by atoms with Gasteiger partial charge in [-0.25, -0.2) is 14.0 Å². The molecular weight excluding hydrogens is 387 g/mol. The number of halogens is 1. The Bertz CT molecular complexity index is 780. The zero-order valence-corrected chi connectivity index (χ0v) is 18.5. The van der Waals surface area contributed by atoms with E-state index in [2.05, 4.69) is 17.2 Å². The van der Waals surface area contributed by atoms with Gasteiger partial charge in [0.2, 0.25) is 0 Å². The lowest BCUT2D eigenvalue weighted by molar-refractivity contribution is 0.0485. The van der Waals surface area contributed by atoms with E-state index in [0.29, 0.717) is 17.2 Å². The molecule has 1 aliphatic rings. The van der Waals surface area contributed by atoms with E-state index in [1.807, 2.05) is 27.7 Å². The number of carbonyl (C=O) groups excluding carboxylic acids is 2. The van der Waals surface area contributed by atoms with Crippen LogP contribution in [0.4, 0.5) is 14.9 Å². The molecule has 1 aliphatic carbocycles. The van der Waals surface area contributed by atoms with Crippen molar-refractivity contribution in [3.05, 3.63) is 35.7 Å². The molecule has 1 amide bonds. The Kier molecular flexibility index (Phi) is 7.87. The predicted octanol–water partition coefficient (Wildman–Crippen LogP) is 5.14. The first-order valence-electron chi connectivity index (χ1n) is 10.3. The van der Waals surface area contributed by atoms with Crippen LogP contribution in [-0.2, 0) is 9.47 Å². The zero-order valence-electron chi connectivity index (χ0n) is 18.5. The average Bonchev–Trinajstić information content (AvgIpc) is 2.66. The molecule has 0 unspecified atom stereocenters. The molecule has 1 saturated carbocycles. The van der Waals surface area contributed by atoms with Crippen molar-refractivity contribution in [2.45, 2.75) is 71.1 Å². The van der Waals surface area contributed by atoms with Crippen molar-refractivity contribution in [3.8, 4) is 0 Å². The number of nitrogens with one attached hydrogen (secondary N) is 2. The van der Waals surface area contributed by atoms with Crippen molar-refractivity contribution in [1.82, 2.24) is 5.32 Å². The van der Waals surface area contributed by atoms with E-state index >= 15 is 0 Å². The maximum absolute atomic E-state index is 14.4. The summed E-state index contributed by atoms with van der Waals surface area (Å²) in [6.07, 6.45) is 4.58. The summed E-state index contributed by atoms with van der Waals surface area (Å²) in [7, 11) is 1.27. The summed E-state index contributed by atoms with van der Waals surface area (Å²) in [6.45, 7) is 11.2. The number of alkyl carbamates (subject to hydrolysis) is 1. The van der Waals surface area contributed by atoms with Crippen molar-refractivity contribution >= 4 is 23.8 Å². The van der Waals surface area contributed by atoms with E-state index in [1.54, 1.807) is 6.07 Å². The van der Waals surface area contributed by atoms with Crippen LogP contribution >= 0.6 is 0 Å². The minimum absolute atomic E-state index is 0.0541. The van der Waals surface area contributed by atoms with Crippen molar-refractivity contribution in [3.63, 3.8) is 0 Å². The first-order chi connectivity index (χ1) is 14.0. The van der Waals surface area contributed by atoms with Gasteiger partial charge in [0, 0.05) is 23.3 Å². The average molecular weight is 421 g/mol. The number of ether oxygens (including phenoxy) is 2. The maximum atomic E-state index is 14.4. The molecule has 0 bridgehead atoms. The highest BCUT2D eigenvalue weighted by molar-refractivity contribution is 5.91. The summed E-state index contributed by atoms with van der Waals surface area (Å²) in [5.74, 6) is -0.758. The molecule has 1 atom stereocenters. The maximum Gasteiger partial charge on any atom is 0.407 e. The lowest BCUT2D eigenvalue weighted by Crippen LogP contribution is -2.42. The first-order valence-corrected chi connectivity index (χ1v) is 10.3. The number of amides is 1. The largest absolute Gasteiger partial charge is 0.465 e. The van der Waals surface area contributed by atoms with Gasteiger partial charge in [-0.3, -0.25) is 0 Å². The van der Waals surface area contributed by atoms with Crippen LogP contribution < -0.4 is 10.6 Å². The SMILES string of the molecule is C=Cc1c(F)cc(C(=O)OC)cc1N[C@@H](C)C1CCC(NC(=O)OC(C)(C)C)CC1. The number of hydrogen-bond donors (Lipinski definition) is 2. The van der Waals surface area contributed by atoms with Crippen molar-refractivity contribution < 1.29 is 23.5 Å². The van der Waals surface area contributed by atoms with E-state index < -0.39 is 17.4 Å². The fraction of sp³-hybridized carbons (Fsp3) is 0.565. The highest BCUT2D eigenvalue weighted by Gasteiger charge is 2.28. The molecule has 1 aromatic carbocycles. The first kappa shape index (κ1) is 23.7. The van der Waals surface area contributed by atoms with Crippen LogP contribution in [0.1, 0.15) is 69.3 Å². The summed E-state index contributed by atoms with van der Waals surface area (Å²) in [5.41, 5.74) is 0.485. The normalized spacial score (nSPS) is 20.1. The van der Waals surface area contributed by atoms with Gasteiger partial charge in [0.05, 0.1) is 12.7 Å². The second-order valence-electron chi connectivity index (χ2n) is 8.81. The number of benzene rings is 1. The van der Waals surface area contributed by atoms with Gasteiger partial charge in [0.15, 0.2) is 0 Å². The van der Waals surface area contributed by atoms with Crippen LogP contribution in [0.3, 0.4) is 0 Å². The Morgan fingerprint density at radius 2 is 1.87 bits per heavy atom. The van der Waals surface area contributed by atoms with Gasteiger partial charge in [-0.1, -0.05) is 12.7 Å². The molecule has 30 heavy (non-hydrogen) atoms. The van der Waals surface area contributed by atoms with Crippen LogP contribution in [0, 0.1) is 11.7 Å². The highest BCUT2D eigenvalue weighted by atomic mass is 19.1. The second kappa shape index (κ2) is 9.96. The zero-order chi connectivity index (χ0) is 22.5. The van der Waals surface area contributed by atoms with E-state index in [-0.39, 0.29) is 23.7 Å². The van der Waals surface area contributed by atoms with Crippen molar-refractivity contribution in [2.75, 3.05) is 12.4 Å². The van der Waals surface area contributed by atoms with E-state index in [0.717, 1.165) is 31.7 Å². The third-order valence-corrected chi connectivity index (χ3v) is 5.34. The molecule has 6 nitrogen and oxygen atoms in total. The van der Waals surface area contributed by atoms with Crippen LogP contribution in [0.2, 0.25) is 0 Å². The highest BCUT2D eigenvalue weighted by Crippen LogP contribution is 2.31. The van der Waals surface area contributed by atoms with Crippen molar-refractivity contribution in [2.24, 2.45) is 5.92 Å². The molecule has 0 aliphatic heterocycles. The Labute approximate surface area is 178 Å². The van der Waals surface area contributed by atoms with Crippen LogP contribution in [0.5, 0.6) is 0 Å². The summed E-state index contributed by atoms with van der Waals surface area (Å²) < 4.78 is 24.5. The fourth-order valence-electron chi connectivity index (χ4n) is 3.78. The molecule has 0 heterocycles. The van der Waals surface area contributed by atoms with Gasteiger partial charge in [-0.15, -0.1) is 0 Å². The van der Waals surface area contributed by atoms with Gasteiger partial charge in [-0.05, 0) is 71.4 Å². The Balaban J connectivity index is 1.98. The van der Waals surface area contributed by atoms with Crippen molar-refractivity contribution in [1.29, 1.82) is 0 Å². The van der Waals surface area contributed by atoms with E-state index in [4.69, 9.17) is 9.47 Å². The molecular formula is C23H33FN2O4. The standard InChI is InChI=1S/C23H33FN2O4/c1-7-18-19(24)12-16(21(27)29-6)13-20(18)25-14(2)15-8-10-17(11-9-15)26-22(28)30-23(3,4)5/h7,12-15,17,25H,1,8-11H2,2-6H3,(H,26,28)/t14-,15?,17?/m0/s1. The quantitative estimate of drug-likeness (QED) is 0.623. The molecule has 7 heteroatoms. The topological polar surface area (TPSA) is 76.7 Å². The minimum Gasteiger partial charge on any atom is -0.465 e. The summed E-state index contributed by atoms with van der Waals surface area (Å²) in [5, 5.41) is 6.29. The number of anilines is 1. The molecule has 166 valence electrons. The third-order valence-electron chi connectivity index (χ3n) is 5.34. The summed E-state index contributed by atoms with van der Waals surface area (Å²) in [6, 6.07) is 2.90. The molecule has 0 saturated heterocycles. The van der Waals surface area contributed by atoms with E-state index in [1.165, 1.54) is 13.2 Å². The molecule has 2 rings (SSSR count). The van der Waals surface area contributed by atoms with Gasteiger partial charge in [0.25, 0.3) is 0 Å². The molecule has 1 fully saturated rings. The second-order valence-corrected chi connectivity index (χ2v) is 8.81. The molecule has 2 N–H and O–H groups in total. The number of rotatable bonds is 6. The summed E-state index contributed by atoms with van der Waals surface area (Å²) in [4.78, 5) is 23.8.